The van der Waals surface area contributed by atoms with E-state index in [4.69, 9.17) is 21.4 Å². The zero-order valence-electron chi connectivity index (χ0n) is 16.3. The van der Waals surface area contributed by atoms with E-state index >= 15 is 0 Å². The van der Waals surface area contributed by atoms with Gasteiger partial charge in [-0.2, -0.15) is 0 Å². The molecule has 1 heterocycles. The number of aliphatic carboxylic acids is 1. The van der Waals surface area contributed by atoms with Crippen LogP contribution in [-0.4, -0.2) is 30.0 Å². The summed E-state index contributed by atoms with van der Waals surface area (Å²) in [6, 6.07) is 3.97. The average molecular weight is 422 g/mol. The summed E-state index contributed by atoms with van der Waals surface area (Å²) in [4.78, 5) is 14.4. The smallest absolute Gasteiger partial charge is 0.306 e. The van der Waals surface area contributed by atoms with Gasteiger partial charge in [0.15, 0.2) is 0 Å². The van der Waals surface area contributed by atoms with Crippen molar-refractivity contribution in [3.63, 3.8) is 0 Å². The Morgan fingerprint density at radius 2 is 2.29 bits per heavy atom. The number of fused-ring (bicyclic) bond motifs is 1. The number of benzene rings is 1. The van der Waals surface area contributed by atoms with E-state index in [1.165, 1.54) is 25.0 Å². The highest BCUT2D eigenvalue weighted by Gasteiger charge is 2.26. The molecule has 4 nitrogen and oxygen atoms in total. The lowest BCUT2D eigenvalue weighted by Crippen LogP contribution is -2.29. The number of hydrogen-bond donors (Lipinski definition) is 1. The van der Waals surface area contributed by atoms with Crippen LogP contribution >= 0.6 is 23.4 Å². The number of carbonyl (C=O) groups is 1. The van der Waals surface area contributed by atoms with Gasteiger partial charge in [0.1, 0.15) is 5.75 Å². The molecular formula is C22H28ClNO3S. The fraction of sp³-hybridized carbons (Fsp3) is 0.500. The standard InChI is InChI=1S/C22H28ClNO3S/c1-2-3-7-16-14-24(17-8-5-4-6-9-17)19-12-18(23)20(13-21(19)28-15-16)27-11-10-22(25)26/h4-5,8,12-13,16H,2-3,6-7,9-11,14-15H2,1H3,(H,25,26)/t16-/m0/s1. The summed E-state index contributed by atoms with van der Waals surface area (Å²) in [5.41, 5.74) is 2.48. The number of carboxylic acid groups (broad SMARTS) is 1. The van der Waals surface area contributed by atoms with E-state index in [2.05, 4.69) is 30.1 Å². The molecule has 0 radical (unpaired) electrons. The number of nitrogens with zero attached hydrogens (tertiary/aromatic N) is 1. The molecular weight excluding hydrogens is 394 g/mol. The van der Waals surface area contributed by atoms with Crippen LogP contribution in [0.25, 0.3) is 0 Å². The second-order valence-electron chi connectivity index (χ2n) is 7.30. The maximum atomic E-state index is 10.8. The van der Waals surface area contributed by atoms with Crippen molar-refractivity contribution in [1.82, 2.24) is 0 Å². The van der Waals surface area contributed by atoms with Gasteiger partial charge in [0, 0.05) is 22.9 Å². The Bertz CT molecular complexity index is 762. The van der Waals surface area contributed by atoms with Crippen molar-refractivity contribution in [3.05, 3.63) is 41.1 Å². The van der Waals surface area contributed by atoms with Crippen LogP contribution in [0.15, 0.2) is 41.0 Å². The topological polar surface area (TPSA) is 49.8 Å². The molecule has 3 rings (SSSR count). The first-order valence-electron chi connectivity index (χ1n) is 10.0. The van der Waals surface area contributed by atoms with Crippen molar-refractivity contribution < 1.29 is 14.6 Å². The third-order valence-electron chi connectivity index (χ3n) is 5.10. The third-order valence-corrected chi connectivity index (χ3v) is 6.67. The average Bonchev–Trinajstić information content (AvgIpc) is 2.86. The molecule has 1 aromatic rings. The Kier molecular flexibility index (Phi) is 7.74. The van der Waals surface area contributed by atoms with Crippen molar-refractivity contribution in [1.29, 1.82) is 0 Å². The number of carboxylic acids is 1. The Labute approximate surface area is 176 Å². The van der Waals surface area contributed by atoms with E-state index in [1.54, 1.807) is 0 Å². The van der Waals surface area contributed by atoms with E-state index in [9.17, 15) is 4.79 Å². The van der Waals surface area contributed by atoms with Gasteiger partial charge in [0.25, 0.3) is 0 Å². The lowest BCUT2D eigenvalue weighted by atomic mass is 10.0. The first-order valence-corrected chi connectivity index (χ1v) is 11.4. The van der Waals surface area contributed by atoms with Gasteiger partial charge in [-0.25, -0.2) is 0 Å². The van der Waals surface area contributed by atoms with E-state index < -0.39 is 5.97 Å². The molecule has 28 heavy (non-hydrogen) atoms. The van der Waals surface area contributed by atoms with Crippen LogP contribution in [0.2, 0.25) is 5.02 Å². The van der Waals surface area contributed by atoms with Crippen LogP contribution in [0.4, 0.5) is 5.69 Å². The summed E-state index contributed by atoms with van der Waals surface area (Å²) in [6.45, 7) is 3.37. The van der Waals surface area contributed by atoms with Crippen molar-refractivity contribution in [2.45, 2.75) is 50.3 Å². The predicted octanol–water partition coefficient (Wildman–Crippen LogP) is 6.15. The number of ether oxygens (including phenoxy) is 1. The SMILES string of the molecule is CCCC[C@@H]1CSc2cc(OCCC(=O)O)c(Cl)cc2N(C2=CC=CCC2)C1. The zero-order chi connectivity index (χ0) is 19.9. The van der Waals surface area contributed by atoms with Crippen LogP contribution in [0, 0.1) is 5.92 Å². The van der Waals surface area contributed by atoms with Crippen LogP contribution in [-0.2, 0) is 4.79 Å². The van der Waals surface area contributed by atoms with E-state index in [1.807, 2.05) is 23.9 Å². The molecule has 0 saturated heterocycles. The van der Waals surface area contributed by atoms with Crippen molar-refractivity contribution in [2.24, 2.45) is 5.92 Å². The molecule has 0 fully saturated rings. The molecule has 1 aliphatic heterocycles. The molecule has 1 aromatic carbocycles. The molecule has 1 N–H and O–H groups in total. The summed E-state index contributed by atoms with van der Waals surface area (Å²) >= 11 is 8.37. The van der Waals surface area contributed by atoms with E-state index in [0.717, 1.165) is 35.7 Å². The first kappa shape index (κ1) is 21.1. The number of hydrogen-bond acceptors (Lipinski definition) is 4. The minimum Gasteiger partial charge on any atom is -0.491 e. The molecule has 1 atom stereocenters. The van der Waals surface area contributed by atoms with Gasteiger partial charge in [0.2, 0.25) is 0 Å². The van der Waals surface area contributed by atoms with E-state index in [0.29, 0.717) is 16.7 Å². The summed E-state index contributed by atoms with van der Waals surface area (Å²) in [7, 11) is 0. The maximum absolute atomic E-state index is 10.8. The van der Waals surface area contributed by atoms with Crippen molar-refractivity contribution >= 4 is 35.0 Å². The quantitative estimate of drug-likeness (QED) is 0.545. The van der Waals surface area contributed by atoms with Crippen LogP contribution < -0.4 is 9.64 Å². The second-order valence-corrected chi connectivity index (χ2v) is 8.77. The van der Waals surface area contributed by atoms with Crippen molar-refractivity contribution in [3.8, 4) is 5.75 Å². The molecule has 6 heteroatoms. The normalized spacial score (nSPS) is 19.0. The molecule has 0 saturated carbocycles. The highest BCUT2D eigenvalue weighted by molar-refractivity contribution is 7.99. The molecule has 1 aliphatic carbocycles. The van der Waals surface area contributed by atoms with Gasteiger partial charge in [-0.15, -0.1) is 11.8 Å². The summed E-state index contributed by atoms with van der Waals surface area (Å²) in [6.07, 6.45) is 12.3. The lowest BCUT2D eigenvalue weighted by Gasteiger charge is -2.31. The fourth-order valence-electron chi connectivity index (χ4n) is 3.58. The number of unbranched alkanes of at least 4 members (excludes halogenated alkanes) is 1. The summed E-state index contributed by atoms with van der Waals surface area (Å²) in [5.74, 6) is 1.39. The third kappa shape index (κ3) is 5.48. The molecule has 0 aromatic heterocycles. The van der Waals surface area contributed by atoms with E-state index in [-0.39, 0.29) is 13.0 Å². The summed E-state index contributed by atoms with van der Waals surface area (Å²) < 4.78 is 5.66. The number of allylic oxidation sites excluding steroid dienone is 4. The largest absolute Gasteiger partial charge is 0.491 e. The Morgan fingerprint density at radius 1 is 1.43 bits per heavy atom. The van der Waals surface area contributed by atoms with Gasteiger partial charge < -0.3 is 14.7 Å². The summed E-state index contributed by atoms with van der Waals surface area (Å²) in [5, 5.41) is 9.37. The van der Waals surface area contributed by atoms with Gasteiger partial charge >= 0.3 is 5.97 Å². The molecule has 0 amide bonds. The van der Waals surface area contributed by atoms with Crippen LogP contribution in [0.5, 0.6) is 5.75 Å². The van der Waals surface area contributed by atoms with Crippen LogP contribution in [0.1, 0.15) is 45.4 Å². The molecule has 0 bridgehead atoms. The van der Waals surface area contributed by atoms with Gasteiger partial charge in [-0.05, 0) is 43.4 Å². The first-order chi connectivity index (χ1) is 13.6. The molecule has 2 aliphatic rings. The Morgan fingerprint density at radius 3 is 3.00 bits per heavy atom. The maximum Gasteiger partial charge on any atom is 0.306 e. The predicted molar refractivity (Wildman–Crippen MR) is 117 cm³/mol. The molecule has 0 unspecified atom stereocenters. The number of thioether (sulfide) groups is 1. The lowest BCUT2D eigenvalue weighted by molar-refractivity contribution is -0.137. The van der Waals surface area contributed by atoms with Crippen molar-refractivity contribution in [2.75, 3.05) is 23.8 Å². The molecule has 152 valence electrons. The second kappa shape index (κ2) is 10.3. The fourth-order valence-corrected chi connectivity index (χ4v) is 4.99. The minimum atomic E-state index is -0.873. The minimum absolute atomic E-state index is 0.0367. The van der Waals surface area contributed by atoms with Gasteiger partial charge in [0.05, 0.1) is 23.7 Å². The van der Waals surface area contributed by atoms with Gasteiger partial charge in [-0.3, -0.25) is 4.79 Å². The molecule has 0 spiro atoms. The number of rotatable bonds is 8. The Balaban J connectivity index is 1.88. The monoisotopic (exact) mass is 421 g/mol. The highest BCUT2D eigenvalue weighted by atomic mass is 35.5. The zero-order valence-corrected chi connectivity index (χ0v) is 17.9. The van der Waals surface area contributed by atoms with Gasteiger partial charge in [-0.1, -0.05) is 43.5 Å². The highest BCUT2D eigenvalue weighted by Crippen LogP contribution is 2.44. The number of anilines is 1. The number of halogens is 1. The van der Waals surface area contributed by atoms with Crippen LogP contribution in [0.3, 0.4) is 0 Å². The Hall–Kier alpha value is -1.59.